The van der Waals surface area contributed by atoms with Crippen LogP contribution in [0.25, 0.3) is 0 Å². The van der Waals surface area contributed by atoms with Gasteiger partial charge in [-0.25, -0.2) is 4.39 Å². The van der Waals surface area contributed by atoms with Gasteiger partial charge >= 0.3 is 0 Å². The summed E-state index contributed by atoms with van der Waals surface area (Å²) in [6, 6.07) is 4.27. The van der Waals surface area contributed by atoms with Crippen LogP contribution < -0.4 is 15.2 Å². The summed E-state index contributed by atoms with van der Waals surface area (Å²) in [5.74, 6) is 0.342. The Bertz CT molecular complexity index is 578. The molecular weight excluding hydrogens is 303 g/mol. The molecule has 0 spiro atoms. The molecule has 0 unspecified atom stereocenters. The zero-order valence-electron chi connectivity index (χ0n) is 9.48. The normalized spacial score (nSPS) is 10.2. The van der Waals surface area contributed by atoms with Crippen molar-refractivity contribution >= 4 is 21.6 Å². The topological polar surface area (TPSA) is 57.4 Å². The number of hydrogen-bond donors (Lipinski definition) is 1. The first-order valence-corrected chi connectivity index (χ1v) is 5.81. The van der Waals surface area contributed by atoms with Crippen LogP contribution in [0, 0.1) is 5.82 Å². The Morgan fingerprint density at radius 2 is 2.00 bits per heavy atom. The van der Waals surface area contributed by atoms with Gasteiger partial charge in [-0.1, -0.05) is 0 Å². The molecule has 0 fully saturated rings. The Labute approximate surface area is 112 Å². The number of benzene rings is 1. The quantitative estimate of drug-likeness (QED) is 0.883. The highest BCUT2D eigenvalue weighted by atomic mass is 79.9. The molecule has 4 nitrogen and oxygen atoms in total. The minimum atomic E-state index is -0.533. The number of hydrogen-bond acceptors (Lipinski definition) is 4. The van der Waals surface area contributed by atoms with Crippen LogP contribution in [0.1, 0.15) is 0 Å². The third kappa shape index (κ3) is 2.70. The van der Waals surface area contributed by atoms with Crippen molar-refractivity contribution in [3.05, 3.63) is 40.9 Å². The van der Waals surface area contributed by atoms with Gasteiger partial charge in [-0.15, -0.1) is 0 Å². The molecule has 0 amide bonds. The average molecular weight is 313 g/mol. The summed E-state index contributed by atoms with van der Waals surface area (Å²) >= 11 is 3.28. The summed E-state index contributed by atoms with van der Waals surface area (Å²) in [6.07, 6.45) is 3.15. The molecule has 2 aromatic rings. The van der Waals surface area contributed by atoms with Crippen LogP contribution in [-0.2, 0) is 0 Å². The lowest BCUT2D eigenvalue weighted by Gasteiger charge is -2.10. The van der Waals surface area contributed by atoms with E-state index in [2.05, 4.69) is 20.9 Å². The fraction of sp³-hybridized carbons (Fsp3) is 0.0833. The third-order valence-electron chi connectivity index (χ3n) is 2.19. The number of nitrogens with zero attached hydrogens (tertiary/aromatic N) is 1. The Morgan fingerprint density at radius 3 is 2.67 bits per heavy atom. The molecule has 0 aliphatic heterocycles. The van der Waals surface area contributed by atoms with Crippen molar-refractivity contribution in [2.45, 2.75) is 0 Å². The molecule has 1 aromatic carbocycles. The lowest BCUT2D eigenvalue weighted by Crippen LogP contribution is -1.96. The van der Waals surface area contributed by atoms with E-state index in [9.17, 15) is 4.39 Å². The lowest BCUT2D eigenvalue weighted by molar-refractivity contribution is 0.382. The van der Waals surface area contributed by atoms with E-state index in [0.29, 0.717) is 11.5 Å². The summed E-state index contributed by atoms with van der Waals surface area (Å²) in [4.78, 5) is 3.95. The minimum Gasteiger partial charge on any atom is -0.494 e. The van der Waals surface area contributed by atoms with Crippen molar-refractivity contribution in [3.8, 4) is 17.2 Å². The van der Waals surface area contributed by atoms with E-state index in [1.165, 1.54) is 19.4 Å². The van der Waals surface area contributed by atoms with E-state index >= 15 is 0 Å². The minimum absolute atomic E-state index is 0.0714. The molecule has 0 saturated carbocycles. The van der Waals surface area contributed by atoms with Gasteiger partial charge in [0.1, 0.15) is 5.75 Å². The SMILES string of the molecule is COc1cc(Oc2cncc(Br)c2)c(N)cc1F. The number of aromatic nitrogens is 1. The summed E-state index contributed by atoms with van der Waals surface area (Å²) < 4.78 is 24.5. The molecular formula is C12H10BrFN2O2. The predicted octanol–water partition coefficient (Wildman–Crippen LogP) is 3.37. The number of anilines is 1. The Kier molecular flexibility index (Phi) is 3.66. The van der Waals surface area contributed by atoms with Crippen molar-refractivity contribution in [2.24, 2.45) is 0 Å². The van der Waals surface area contributed by atoms with Crippen LogP contribution in [0.2, 0.25) is 0 Å². The fourth-order valence-electron chi connectivity index (χ4n) is 1.37. The number of ether oxygens (including phenoxy) is 2. The van der Waals surface area contributed by atoms with Gasteiger partial charge in [0.25, 0.3) is 0 Å². The maximum atomic E-state index is 13.4. The first-order chi connectivity index (χ1) is 8.60. The Balaban J connectivity index is 2.34. The van der Waals surface area contributed by atoms with Crippen LogP contribution >= 0.6 is 15.9 Å². The zero-order chi connectivity index (χ0) is 13.1. The van der Waals surface area contributed by atoms with Gasteiger partial charge in [-0.3, -0.25) is 4.98 Å². The second-order valence-electron chi connectivity index (χ2n) is 3.47. The predicted molar refractivity (Wildman–Crippen MR) is 69.4 cm³/mol. The molecule has 18 heavy (non-hydrogen) atoms. The number of nitrogen functional groups attached to an aromatic ring is 1. The van der Waals surface area contributed by atoms with Gasteiger partial charge in [0.15, 0.2) is 17.3 Å². The molecule has 94 valence electrons. The van der Waals surface area contributed by atoms with Crippen LogP contribution in [0.3, 0.4) is 0 Å². The Hall–Kier alpha value is -1.82. The molecule has 0 saturated heterocycles. The zero-order valence-corrected chi connectivity index (χ0v) is 11.1. The number of nitrogens with two attached hydrogens (primary N) is 1. The average Bonchev–Trinajstić information content (AvgIpc) is 2.33. The number of methoxy groups -OCH3 is 1. The smallest absolute Gasteiger partial charge is 0.167 e. The van der Waals surface area contributed by atoms with E-state index in [1.807, 2.05) is 0 Å². The number of rotatable bonds is 3. The van der Waals surface area contributed by atoms with Crippen molar-refractivity contribution in [1.82, 2.24) is 4.98 Å². The standard InChI is InChI=1S/C12H10BrFN2O2/c1-17-11-4-12(10(15)3-9(11)14)18-8-2-7(13)5-16-6-8/h2-6H,15H2,1H3. The molecule has 0 atom stereocenters. The van der Waals surface area contributed by atoms with Crippen LogP contribution in [0.4, 0.5) is 10.1 Å². The highest BCUT2D eigenvalue weighted by Gasteiger charge is 2.10. The number of halogens is 2. The van der Waals surface area contributed by atoms with Gasteiger partial charge < -0.3 is 15.2 Å². The fourth-order valence-corrected chi connectivity index (χ4v) is 1.71. The number of pyridine rings is 1. The molecule has 0 aliphatic rings. The van der Waals surface area contributed by atoms with Gasteiger partial charge in [-0.2, -0.15) is 0 Å². The van der Waals surface area contributed by atoms with Gasteiger partial charge in [0, 0.05) is 22.8 Å². The highest BCUT2D eigenvalue weighted by molar-refractivity contribution is 9.10. The summed E-state index contributed by atoms with van der Waals surface area (Å²) in [5.41, 5.74) is 5.87. The van der Waals surface area contributed by atoms with E-state index in [1.54, 1.807) is 12.3 Å². The van der Waals surface area contributed by atoms with Crippen molar-refractivity contribution in [3.63, 3.8) is 0 Å². The van der Waals surface area contributed by atoms with Crippen molar-refractivity contribution in [1.29, 1.82) is 0 Å². The van der Waals surface area contributed by atoms with Crippen molar-refractivity contribution < 1.29 is 13.9 Å². The molecule has 2 rings (SSSR count). The first kappa shape index (κ1) is 12.6. The van der Waals surface area contributed by atoms with Gasteiger partial charge in [0.2, 0.25) is 0 Å². The first-order valence-electron chi connectivity index (χ1n) is 5.01. The Morgan fingerprint density at radius 1 is 1.22 bits per heavy atom. The monoisotopic (exact) mass is 312 g/mol. The van der Waals surface area contributed by atoms with Crippen molar-refractivity contribution in [2.75, 3.05) is 12.8 Å². The second kappa shape index (κ2) is 5.22. The molecule has 6 heteroatoms. The van der Waals surface area contributed by atoms with Gasteiger partial charge in [-0.05, 0) is 22.0 Å². The molecule has 0 bridgehead atoms. The highest BCUT2D eigenvalue weighted by Crippen LogP contribution is 2.33. The summed E-state index contributed by atoms with van der Waals surface area (Å²) in [5, 5.41) is 0. The maximum Gasteiger partial charge on any atom is 0.167 e. The van der Waals surface area contributed by atoms with Crippen LogP contribution in [0.15, 0.2) is 35.1 Å². The molecule has 1 aromatic heterocycles. The van der Waals surface area contributed by atoms with Gasteiger partial charge in [0.05, 0.1) is 19.0 Å². The summed E-state index contributed by atoms with van der Waals surface area (Å²) in [6.45, 7) is 0. The largest absolute Gasteiger partial charge is 0.494 e. The van der Waals surface area contributed by atoms with Crippen LogP contribution in [0.5, 0.6) is 17.2 Å². The van der Waals surface area contributed by atoms with E-state index in [4.69, 9.17) is 15.2 Å². The maximum absolute atomic E-state index is 13.4. The third-order valence-corrected chi connectivity index (χ3v) is 2.63. The lowest BCUT2D eigenvalue weighted by atomic mass is 10.2. The summed E-state index contributed by atoms with van der Waals surface area (Å²) in [7, 11) is 1.37. The molecule has 2 N–H and O–H groups in total. The molecule has 1 heterocycles. The van der Waals surface area contributed by atoms with E-state index in [-0.39, 0.29) is 11.4 Å². The second-order valence-corrected chi connectivity index (χ2v) is 4.38. The molecule has 0 aliphatic carbocycles. The van der Waals surface area contributed by atoms with Crippen LogP contribution in [-0.4, -0.2) is 12.1 Å². The van der Waals surface area contributed by atoms with E-state index in [0.717, 1.165) is 10.5 Å². The van der Waals surface area contributed by atoms with E-state index < -0.39 is 5.82 Å². The molecule has 0 radical (unpaired) electrons.